The van der Waals surface area contributed by atoms with Crippen molar-refractivity contribution in [1.82, 2.24) is 29.9 Å². The average Bonchev–Trinajstić information content (AvgIpc) is 3.28. The molecule has 0 saturated carbocycles. The van der Waals surface area contributed by atoms with Crippen LogP contribution in [0.1, 0.15) is 5.89 Å². The highest BCUT2D eigenvalue weighted by Crippen LogP contribution is 2.19. The van der Waals surface area contributed by atoms with Gasteiger partial charge >= 0.3 is 0 Å². The molecule has 1 saturated heterocycles. The van der Waals surface area contributed by atoms with Gasteiger partial charge in [0.15, 0.2) is 0 Å². The number of aromatic nitrogens is 5. The molecule has 0 spiro atoms. The summed E-state index contributed by atoms with van der Waals surface area (Å²) < 4.78 is 26.2. The minimum atomic E-state index is -0.296. The highest BCUT2D eigenvalue weighted by Gasteiger charge is 2.23. The fourth-order valence-electron chi connectivity index (χ4n) is 2.79. The number of halogens is 1. The first-order valence-electron chi connectivity index (χ1n) is 8.01. The van der Waals surface area contributed by atoms with Crippen molar-refractivity contribution in [1.29, 1.82) is 0 Å². The predicted octanol–water partition coefficient (Wildman–Crippen LogP) is 1.37. The largest absolute Gasteiger partial charge is 0.419 e. The fraction of sp³-hybridized carbons (Fsp3) is 0.375. The lowest BCUT2D eigenvalue weighted by Crippen LogP contribution is -2.43. The van der Waals surface area contributed by atoms with E-state index in [1.54, 1.807) is 23.1 Å². The highest BCUT2D eigenvalue weighted by atomic mass is 19.1. The van der Waals surface area contributed by atoms with Gasteiger partial charge in [0.25, 0.3) is 0 Å². The van der Waals surface area contributed by atoms with E-state index in [1.165, 1.54) is 18.5 Å². The molecule has 1 aliphatic rings. The minimum Gasteiger partial charge on any atom is -0.419 e. The summed E-state index contributed by atoms with van der Waals surface area (Å²) in [5.41, 5.74) is 0.700. The molecule has 3 heterocycles. The van der Waals surface area contributed by atoms with E-state index in [0.29, 0.717) is 37.0 Å². The molecular weight excluding hydrogens is 327 g/mol. The maximum atomic E-state index is 13.0. The van der Waals surface area contributed by atoms with Gasteiger partial charge in [0.2, 0.25) is 11.8 Å². The minimum absolute atomic E-state index is 0.0370. The number of benzene rings is 1. The molecule has 9 heteroatoms. The molecule has 0 radical (unpaired) electrons. The summed E-state index contributed by atoms with van der Waals surface area (Å²) in [6.07, 6.45) is 3.22. The fourth-order valence-corrected chi connectivity index (χ4v) is 2.79. The van der Waals surface area contributed by atoms with Gasteiger partial charge in [0, 0.05) is 18.7 Å². The van der Waals surface area contributed by atoms with E-state index in [0.717, 1.165) is 13.1 Å². The van der Waals surface area contributed by atoms with E-state index in [1.807, 2.05) is 0 Å². The molecule has 0 N–H and O–H groups in total. The Hall–Kier alpha value is -2.65. The number of hydrogen-bond donors (Lipinski definition) is 0. The summed E-state index contributed by atoms with van der Waals surface area (Å²) in [4.78, 5) is 6.14. The number of morpholine rings is 1. The Labute approximate surface area is 143 Å². The van der Waals surface area contributed by atoms with Crippen LogP contribution in [0.3, 0.4) is 0 Å². The van der Waals surface area contributed by atoms with Gasteiger partial charge in [-0.05, 0) is 24.3 Å². The Morgan fingerprint density at radius 3 is 2.88 bits per heavy atom. The molecule has 0 unspecified atom stereocenters. The third kappa shape index (κ3) is 3.89. The van der Waals surface area contributed by atoms with E-state index in [2.05, 4.69) is 25.2 Å². The molecule has 130 valence electrons. The van der Waals surface area contributed by atoms with Crippen LogP contribution in [0.2, 0.25) is 0 Å². The standard InChI is InChI=1S/C16H17FN6O2/c17-13-3-1-12(2-4-13)16-21-20-15(25-16)9-22-5-6-24-14(7-22)8-23-11-18-10-19-23/h1-4,10-11,14H,5-9H2/t14-/m1/s1. The van der Waals surface area contributed by atoms with E-state index >= 15 is 0 Å². The van der Waals surface area contributed by atoms with Crippen LogP contribution in [-0.2, 0) is 17.8 Å². The summed E-state index contributed by atoms with van der Waals surface area (Å²) in [6, 6.07) is 5.98. The molecule has 25 heavy (non-hydrogen) atoms. The average molecular weight is 344 g/mol. The first kappa shape index (κ1) is 15.9. The van der Waals surface area contributed by atoms with Crippen LogP contribution >= 0.6 is 0 Å². The topological polar surface area (TPSA) is 82.1 Å². The van der Waals surface area contributed by atoms with Crippen LogP contribution in [0.25, 0.3) is 11.5 Å². The molecule has 1 fully saturated rings. The molecule has 0 bridgehead atoms. The zero-order valence-corrected chi connectivity index (χ0v) is 13.5. The smallest absolute Gasteiger partial charge is 0.247 e. The Bertz CT molecular complexity index is 804. The van der Waals surface area contributed by atoms with Gasteiger partial charge in [-0.2, -0.15) is 5.10 Å². The summed E-state index contributed by atoms with van der Waals surface area (Å²) in [7, 11) is 0. The van der Waals surface area contributed by atoms with Gasteiger partial charge < -0.3 is 9.15 Å². The van der Waals surface area contributed by atoms with Crippen LogP contribution in [0, 0.1) is 5.82 Å². The molecular formula is C16H17FN6O2. The Morgan fingerprint density at radius 2 is 2.08 bits per heavy atom. The molecule has 8 nitrogen and oxygen atoms in total. The van der Waals surface area contributed by atoms with Crippen LogP contribution in [0.5, 0.6) is 0 Å². The van der Waals surface area contributed by atoms with Gasteiger partial charge in [0.1, 0.15) is 18.5 Å². The monoisotopic (exact) mass is 344 g/mol. The van der Waals surface area contributed by atoms with E-state index < -0.39 is 0 Å². The lowest BCUT2D eigenvalue weighted by Gasteiger charge is -2.31. The van der Waals surface area contributed by atoms with Crippen molar-refractivity contribution in [3.63, 3.8) is 0 Å². The van der Waals surface area contributed by atoms with Crippen molar-refractivity contribution < 1.29 is 13.5 Å². The van der Waals surface area contributed by atoms with Gasteiger partial charge in [-0.3, -0.25) is 9.58 Å². The summed E-state index contributed by atoms with van der Waals surface area (Å²) in [5.74, 6) is 0.624. The van der Waals surface area contributed by atoms with Crippen LogP contribution < -0.4 is 0 Å². The quantitative estimate of drug-likeness (QED) is 0.691. The second-order valence-corrected chi connectivity index (χ2v) is 5.85. The zero-order chi connectivity index (χ0) is 17.1. The third-order valence-corrected chi connectivity index (χ3v) is 4.00. The molecule has 0 amide bonds. The lowest BCUT2D eigenvalue weighted by molar-refractivity contribution is -0.0422. The number of rotatable bonds is 5. The van der Waals surface area contributed by atoms with E-state index in [9.17, 15) is 4.39 Å². The van der Waals surface area contributed by atoms with Crippen molar-refractivity contribution in [2.75, 3.05) is 19.7 Å². The molecule has 4 rings (SSSR count). The molecule has 0 aliphatic carbocycles. The third-order valence-electron chi connectivity index (χ3n) is 4.00. The number of nitrogens with zero attached hydrogens (tertiary/aromatic N) is 6. The molecule has 3 aromatic rings. The van der Waals surface area contributed by atoms with E-state index in [-0.39, 0.29) is 11.9 Å². The van der Waals surface area contributed by atoms with Crippen molar-refractivity contribution >= 4 is 0 Å². The van der Waals surface area contributed by atoms with Gasteiger partial charge in [-0.1, -0.05) is 0 Å². The maximum absolute atomic E-state index is 13.0. The second-order valence-electron chi connectivity index (χ2n) is 5.85. The zero-order valence-electron chi connectivity index (χ0n) is 13.5. The lowest BCUT2D eigenvalue weighted by atomic mass is 10.2. The molecule has 1 aromatic carbocycles. The summed E-state index contributed by atoms with van der Waals surface area (Å²) >= 11 is 0. The normalized spacial score (nSPS) is 18.5. The highest BCUT2D eigenvalue weighted by molar-refractivity contribution is 5.51. The molecule has 1 aliphatic heterocycles. The molecule has 1 atom stereocenters. The van der Waals surface area contributed by atoms with Gasteiger partial charge in [-0.25, -0.2) is 9.37 Å². The molecule has 2 aromatic heterocycles. The number of ether oxygens (including phenoxy) is 1. The van der Waals surface area contributed by atoms with Crippen LogP contribution in [-0.4, -0.2) is 55.7 Å². The van der Waals surface area contributed by atoms with Crippen molar-refractivity contribution in [3.8, 4) is 11.5 Å². The maximum Gasteiger partial charge on any atom is 0.247 e. The Balaban J connectivity index is 1.37. The first-order valence-corrected chi connectivity index (χ1v) is 8.01. The van der Waals surface area contributed by atoms with Crippen LogP contribution in [0.15, 0.2) is 41.3 Å². The Kier molecular flexibility index (Phi) is 4.49. The van der Waals surface area contributed by atoms with Gasteiger partial charge in [0.05, 0.1) is 25.8 Å². The number of hydrogen-bond acceptors (Lipinski definition) is 7. The van der Waals surface area contributed by atoms with Crippen molar-refractivity contribution in [2.45, 2.75) is 19.2 Å². The van der Waals surface area contributed by atoms with Crippen molar-refractivity contribution in [2.24, 2.45) is 0 Å². The Morgan fingerprint density at radius 1 is 1.20 bits per heavy atom. The van der Waals surface area contributed by atoms with E-state index in [4.69, 9.17) is 9.15 Å². The van der Waals surface area contributed by atoms with Gasteiger partial charge in [-0.15, -0.1) is 10.2 Å². The summed E-state index contributed by atoms with van der Waals surface area (Å²) in [5, 5.41) is 12.2. The summed E-state index contributed by atoms with van der Waals surface area (Å²) in [6.45, 7) is 3.38. The predicted molar refractivity (Wildman–Crippen MR) is 84.7 cm³/mol. The van der Waals surface area contributed by atoms with Crippen molar-refractivity contribution in [3.05, 3.63) is 48.6 Å². The SMILES string of the molecule is Fc1ccc(-c2nnc(CN3CCO[C@@H](Cn4cncn4)C3)o2)cc1. The van der Waals surface area contributed by atoms with Crippen LogP contribution in [0.4, 0.5) is 4.39 Å². The first-order chi connectivity index (χ1) is 12.3. The second kappa shape index (κ2) is 7.08.